The lowest BCUT2D eigenvalue weighted by atomic mass is 10.1. The first-order chi connectivity index (χ1) is 11.8. The highest BCUT2D eigenvalue weighted by Crippen LogP contribution is 2.37. The summed E-state index contributed by atoms with van der Waals surface area (Å²) in [6.07, 6.45) is 1.72. The minimum absolute atomic E-state index is 0.00164. The first-order valence-corrected chi connectivity index (χ1v) is 9.72. The zero-order valence-electron chi connectivity index (χ0n) is 14.6. The number of aryl methyl sites for hydroxylation is 2. The van der Waals surface area contributed by atoms with Gasteiger partial charge in [0.25, 0.3) is 10.0 Å². The summed E-state index contributed by atoms with van der Waals surface area (Å²) in [7, 11) is -3.62. The van der Waals surface area contributed by atoms with Gasteiger partial charge in [0.05, 0.1) is 10.6 Å². The molecule has 0 aliphatic heterocycles. The Morgan fingerprint density at radius 3 is 2.20 bits per heavy atom. The Hall–Kier alpha value is -2.34. The molecule has 1 aliphatic carbocycles. The van der Waals surface area contributed by atoms with E-state index >= 15 is 0 Å². The minimum Gasteiger partial charge on any atom is -0.326 e. The Balaban J connectivity index is 1.98. The Bertz CT molecular complexity index is 901. The SMILES string of the molecule is CC(=O)Nc1ccc(N(C2CC2)S(=O)(=O)c2ccc(C)c(C)c2)cc1. The second kappa shape index (κ2) is 6.52. The zero-order valence-corrected chi connectivity index (χ0v) is 15.4. The molecule has 25 heavy (non-hydrogen) atoms. The Labute approximate surface area is 148 Å². The molecular formula is C19H22N2O3S. The predicted octanol–water partition coefficient (Wildman–Crippen LogP) is 3.62. The molecule has 0 aromatic heterocycles. The van der Waals surface area contributed by atoms with Gasteiger partial charge in [-0.2, -0.15) is 0 Å². The molecular weight excluding hydrogens is 336 g/mol. The van der Waals surface area contributed by atoms with Gasteiger partial charge in [-0.25, -0.2) is 8.42 Å². The maximum atomic E-state index is 13.2. The van der Waals surface area contributed by atoms with E-state index in [0.29, 0.717) is 16.3 Å². The molecule has 2 aromatic rings. The van der Waals surface area contributed by atoms with Gasteiger partial charge < -0.3 is 5.32 Å². The van der Waals surface area contributed by atoms with Crippen LogP contribution in [0.15, 0.2) is 47.4 Å². The van der Waals surface area contributed by atoms with Gasteiger partial charge in [-0.1, -0.05) is 6.07 Å². The summed E-state index contributed by atoms with van der Waals surface area (Å²) in [5.74, 6) is -0.158. The van der Waals surface area contributed by atoms with E-state index in [0.717, 1.165) is 24.0 Å². The van der Waals surface area contributed by atoms with Gasteiger partial charge in [0.2, 0.25) is 5.91 Å². The molecule has 1 saturated carbocycles. The van der Waals surface area contributed by atoms with Gasteiger partial charge in [-0.05, 0) is 74.2 Å². The average molecular weight is 358 g/mol. The van der Waals surface area contributed by atoms with Crippen molar-refractivity contribution in [2.75, 3.05) is 9.62 Å². The van der Waals surface area contributed by atoms with Crippen LogP contribution in [0.25, 0.3) is 0 Å². The first kappa shape index (κ1) is 17.5. The molecule has 3 rings (SSSR count). The van der Waals surface area contributed by atoms with Crippen molar-refractivity contribution in [1.29, 1.82) is 0 Å². The summed E-state index contributed by atoms with van der Waals surface area (Å²) in [4.78, 5) is 11.4. The third kappa shape index (κ3) is 3.69. The summed E-state index contributed by atoms with van der Waals surface area (Å²) < 4.78 is 27.9. The number of amides is 1. The quantitative estimate of drug-likeness (QED) is 0.888. The molecule has 0 bridgehead atoms. The number of carbonyl (C=O) groups excluding carboxylic acids is 1. The van der Waals surface area contributed by atoms with Crippen LogP contribution in [-0.2, 0) is 14.8 Å². The number of hydrogen-bond donors (Lipinski definition) is 1. The zero-order chi connectivity index (χ0) is 18.2. The van der Waals surface area contributed by atoms with E-state index in [4.69, 9.17) is 0 Å². The lowest BCUT2D eigenvalue weighted by Gasteiger charge is -2.25. The van der Waals surface area contributed by atoms with Crippen molar-refractivity contribution in [3.63, 3.8) is 0 Å². The van der Waals surface area contributed by atoms with Crippen LogP contribution in [0.3, 0.4) is 0 Å². The molecule has 0 atom stereocenters. The van der Waals surface area contributed by atoms with E-state index in [9.17, 15) is 13.2 Å². The van der Waals surface area contributed by atoms with Gasteiger partial charge in [-0.15, -0.1) is 0 Å². The number of rotatable bonds is 5. The van der Waals surface area contributed by atoms with Crippen LogP contribution in [0.1, 0.15) is 30.9 Å². The van der Waals surface area contributed by atoms with Gasteiger partial charge in [0, 0.05) is 18.7 Å². The van der Waals surface area contributed by atoms with Crippen LogP contribution in [-0.4, -0.2) is 20.4 Å². The van der Waals surface area contributed by atoms with E-state index < -0.39 is 10.0 Å². The van der Waals surface area contributed by atoms with E-state index in [1.807, 2.05) is 19.9 Å². The molecule has 1 fully saturated rings. The summed E-state index contributed by atoms with van der Waals surface area (Å²) in [5, 5.41) is 2.69. The molecule has 0 spiro atoms. The second-order valence-electron chi connectivity index (χ2n) is 6.51. The Morgan fingerprint density at radius 1 is 1.04 bits per heavy atom. The number of nitrogens with zero attached hydrogens (tertiary/aromatic N) is 1. The number of anilines is 2. The number of hydrogen-bond acceptors (Lipinski definition) is 3. The lowest BCUT2D eigenvalue weighted by molar-refractivity contribution is -0.114. The van der Waals surface area contributed by atoms with Crippen LogP contribution < -0.4 is 9.62 Å². The number of nitrogens with one attached hydrogen (secondary N) is 1. The van der Waals surface area contributed by atoms with E-state index in [1.54, 1.807) is 36.4 Å². The summed E-state index contributed by atoms with van der Waals surface area (Å²) >= 11 is 0. The van der Waals surface area contributed by atoms with E-state index in [2.05, 4.69) is 5.32 Å². The van der Waals surface area contributed by atoms with Gasteiger partial charge >= 0.3 is 0 Å². The largest absolute Gasteiger partial charge is 0.326 e. The average Bonchev–Trinajstić information content (AvgIpc) is 3.36. The molecule has 132 valence electrons. The highest BCUT2D eigenvalue weighted by molar-refractivity contribution is 7.92. The molecule has 0 unspecified atom stereocenters. The van der Waals surface area contributed by atoms with Crippen LogP contribution in [0.2, 0.25) is 0 Å². The van der Waals surface area contributed by atoms with Crippen LogP contribution in [0.5, 0.6) is 0 Å². The minimum atomic E-state index is -3.62. The smallest absolute Gasteiger partial charge is 0.264 e. The van der Waals surface area contributed by atoms with Crippen molar-refractivity contribution in [2.24, 2.45) is 0 Å². The molecule has 0 radical (unpaired) electrons. The van der Waals surface area contributed by atoms with E-state index in [-0.39, 0.29) is 11.9 Å². The normalized spacial score (nSPS) is 14.2. The molecule has 1 aliphatic rings. The van der Waals surface area contributed by atoms with Gasteiger partial charge in [0.15, 0.2) is 0 Å². The van der Waals surface area contributed by atoms with Crippen molar-refractivity contribution >= 4 is 27.3 Å². The van der Waals surface area contributed by atoms with Crippen molar-refractivity contribution in [2.45, 2.75) is 44.6 Å². The number of carbonyl (C=O) groups is 1. The molecule has 0 saturated heterocycles. The van der Waals surface area contributed by atoms with E-state index in [1.165, 1.54) is 11.2 Å². The third-order valence-corrected chi connectivity index (χ3v) is 6.23. The highest BCUT2D eigenvalue weighted by atomic mass is 32.2. The standard InChI is InChI=1S/C19H22N2O3S/c1-13-4-11-19(12-14(13)2)25(23,24)21(18-9-10-18)17-7-5-16(6-8-17)20-15(3)22/h4-8,11-12,18H,9-10H2,1-3H3,(H,20,22). The summed E-state index contributed by atoms with van der Waals surface area (Å²) in [6, 6.07) is 12.2. The molecule has 0 heterocycles. The van der Waals surface area contributed by atoms with Crippen LogP contribution in [0.4, 0.5) is 11.4 Å². The maximum absolute atomic E-state index is 13.2. The summed E-state index contributed by atoms with van der Waals surface area (Å²) in [5.41, 5.74) is 3.29. The predicted molar refractivity (Wildman–Crippen MR) is 99.3 cm³/mol. The van der Waals surface area contributed by atoms with Gasteiger partial charge in [0.1, 0.15) is 0 Å². The maximum Gasteiger partial charge on any atom is 0.264 e. The van der Waals surface area contributed by atoms with Crippen molar-refractivity contribution in [3.8, 4) is 0 Å². The van der Waals surface area contributed by atoms with Crippen LogP contribution in [0, 0.1) is 13.8 Å². The lowest BCUT2D eigenvalue weighted by Crippen LogP contribution is -2.33. The topological polar surface area (TPSA) is 66.5 Å². The second-order valence-corrected chi connectivity index (χ2v) is 8.32. The monoisotopic (exact) mass is 358 g/mol. The fourth-order valence-corrected chi connectivity index (χ4v) is 4.53. The molecule has 1 amide bonds. The number of benzene rings is 2. The molecule has 5 nitrogen and oxygen atoms in total. The fraction of sp³-hybridized carbons (Fsp3) is 0.316. The molecule has 2 aromatic carbocycles. The Morgan fingerprint density at radius 2 is 1.68 bits per heavy atom. The first-order valence-electron chi connectivity index (χ1n) is 8.28. The van der Waals surface area contributed by atoms with Crippen molar-refractivity contribution in [3.05, 3.63) is 53.6 Å². The molecule has 1 N–H and O–H groups in total. The fourth-order valence-electron chi connectivity index (χ4n) is 2.74. The number of sulfonamides is 1. The van der Waals surface area contributed by atoms with Crippen molar-refractivity contribution < 1.29 is 13.2 Å². The molecule has 6 heteroatoms. The van der Waals surface area contributed by atoms with Crippen LogP contribution >= 0.6 is 0 Å². The van der Waals surface area contributed by atoms with Gasteiger partial charge in [-0.3, -0.25) is 9.10 Å². The van der Waals surface area contributed by atoms with Crippen molar-refractivity contribution in [1.82, 2.24) is 0 Å². The Kier molecular flexibility index (Phi) is 4.56. The summed E-state index contributed by atoms with van der Waals surface area (Å²) in [6.45, 7) is 5.32. The highest BCUT2D eigenvalue weighted by Gasteiger charge is 2.38. The third-order valence-electron chi connectivity index (χ3n) is 4.36.